The first kappa shape index (κ1) is 40.9. The first-order valence-electron chi connectivity index (χ1n) is 17.1. The molecule has 3 amide bonds. The van der Waals surface area contributed by atoms with Crippen LogP contribution in [-0.4, -0.2) is 64.2 Å². The summed E-state index contributed by atoms with van der Waals surface area (Å²) in [5.74, 6) is -1.06. The van der Waals surface area contributed by atoms with Crippen LogP contribution in [-0.2, 0) is 20.8 Å². The molecule has 0 spiro atoms. The van der Waals surface area contributed by atoms with E-state index in [0.717, 1.165) is 5.56 Å². The van der Waals surface area contributed by atoms with Crippen LogP contribution in [0, 0.1) is 0 Å². The van der Waals surface area contributed by atoms with Crippen LogP contribution >= 0.6 is 11.3 Å². The normalized spacial score (nSPS) is 11.3. The number of esters is 1. The van der Waals surface area contributed by atoms with Crippen LogP contribution in [0.15, 0.2) is 77.1 Å². The van der Waals surface area contributed by atoms with Gasteiger partial charge in [-0.3, -0.25) is 25.0 Å². The average Bonchev–Trinajstić information content (AvgIpc) is 3.53. The van der Waals surface area contributed by atoms with Gasteiger partial charge in [0.15, 0.2) is 5.78 Å². The third-order valence-electron chi connectivity index (χ3n) is 7.27. The Hall–Kier alpha value is -5.89. The zero-order chi connectivity index (χ0) is 39.8. The number of thiophene rings is 1. The highest BCUT2D eigenvalue weighted by atomic mass is 32.1. The van der Waals surface area contributed by atoms with Crippen LogP contribution in [0.5, 0.6) is 5.75 Å². The van der Waals surface area contributed by atoms with Crippen molar-refractivity contribution in [3.8, 4) is 5.75 Å². The largest absolute Gasteiger partial charge is 0.444 e. The lowest BCUT2D eigenvalue weighted by Crippen LogP contribution is -2.47. The molecule has 3 aromatic carbocycles. The second-order valence-corrected chi connectivity index (χ2v) is 15.3. The van der Waals surface area contributed by atoms with Crippen LogP contribution in [0.25, 0.3) is 10.8 Å². The van der Waals surface area contributed by atoms with Crippen LogP contribution in [0.2, 0.25) is 0 Å². The van der Waals surface area contributed by atoms with Crippen molar-refractivity contribution >= 4 is 69.4 Å². The highest BCUT2D eigenvalue weighted by molar-refractivity contribution is 7.12. The summed E-state index contributed by atoms with van der Waals surface area (Å²) < 4.78 is 16.2. The zero-order valence-electron chi connectivity index (χ0n) is 31.5. The molecule has 0 aliphatic rings. The highest BCUT2D eigenvalue weighted by Gasteiger charge is 2.23. The van der Waals surface area contributed by atoms with Crippen molar-refractivity contribution in [2.24, 2.45) is 4.99 Å². The number of rotatable bonds is 10. The lowest BCUT2D eigenvalue weighted by Gasteiger charge is -2.23. The fourth-order valence-corrected chi connectivity index (χ4v) is 5.75. The Morgan fingerprint density at radius 3 is 1.98 bits per heavy atom. The fraction of sp³-hybridized carbons (Fsp3) is 0.325. The molecule has 0 saturated heterocycles. The number of fused-ring (bicyclic) bond motifs is 1. The summed E-state index contributed by atoms with van der Waals surface area (Å²) in [6.45, 7) is 13.5. The van der Waals surface area contributed by atoms with Gasteiger partial charge in [-0.2, -0.15) is 0 Å². The minimum absolute atomic E-state index is 0.0514. The molecule has 4 rings (SSSR count). The number of aliphatic imine (C=N–C) groups is 1. The summed E-state index contributed by atoms with van der Waals surface area (Å²) >= 11 is 1.31. The molecule has 2 N–H and O–H groups in total. The molecule has 0 saturated carbocycles. The Morgan fingerprint density at radius 1 is 0.796 bits per heavy atom. The van der Waals surface area contributed by atoms with Gasteiger partial charge < -0.3 is 19.1 Å². The Labute approximate surface area is 317 Å². The molecule has 0 bridgehead atoms. The first-order valence-corrected chi connectivity index (χ1v) is 17.9. The van der Waals surface area contributed by atoms with Crippen molar-refractivity contribution < 1.29 is 43.0 Å². The summed E-state index contributed by atoms with van der Waals surface area (Å²) in [7, 11) is 0. The van der Waals surface area contributed by atoms with Gasteiger partial charge in [0.05, 0.1) is 16.1 Å². The molecule has 0 aliphatic carbocycles. The lowest BCUT2D eigenvalue weighted by atomic mass is 10.0. The number of Topliss-reactive ketones (excluding diaryl/α,β-unsaturated/α-hetero) is 2. The molecule has 14 heteroatoms. The number of nitrogens with one attached hydrogen (secondary N) is 2. The SMILES string of the molecule is CC(=O)CCN(Cc1csc(C(C)=O)c1)C(=O)c1cccc2cc(OC(=O)c3ccc(N=C(NC(=O)OC(C)(C)C)NC(=O)OC(C)(C)C)cc3)ccc12. The van der Waals surface area contributed by atoms with E-state index in [1.807, 2.05) is 5.38 Å². The Morgan fingerprint density at radius 2 is 1.43 bits per heavy atom. The molecular formula is C40H44N4O9S. The van der Waals surface area contributed by atoms with E-state index in [9.17, 15) is 28.8 Å². The minimum Gasteiger partial charge on any atom is -0.444 e. The number of amides is 3. The van der Waals surface area contributed by atoms with E-state index in [1.165, 1.54) is 49.4 Å². The van der Waals surface area contributed by atoms with Crippen molar-refractivity contribution in [2.75, 3.05) is 6.54 Å². The average molecular weight is 757 g/mol. The number of nitrogens with zero attached hydrogens (tertiary/aromatic N) is 2. The second kappa shape index (κ2) is 17.3. The van der Waals surface area contributed by atoms with E-state index < -0.39 is 29.4 Å². The monoisotopic (exact) mass is 756 g/mol. The molecule has 0 atom stereocenters. The molecule has 1 aromatic heterocycles. The maximum Gasteiger partial charge on any atom is 0.414 e. The molecule has 13 nitrogen and oxygen atoms in total. The molecular weight excluding hydrogens is 713 g/mol. The fourth-order valence-electron chi connectivity index (χ4n) is 4.95. The van der Waals surface area contributed by atoms with Crippen molar-refractivity contribution in [1.82, 2.24) is 15.5 Å². The number of guanidine groups is 1. The third kappa shape index (κ3) is 12.4. The van der Waals surface area contributed by atoms with Crippen molar-refractivity contribution in [3.63, 3.8) is 0 Å². The van der Waals surface area contributed by atoms with Crippen molar-refractivity contribution in [3.05, 3.63) is 93.7 Å². The number of carbonyl (C=O) groups is 6. The van der Waals surface area contributed by atoms with E-state index in [4.69, 9.17) is 14.2 Å². The molecule has 0 fully saturated rings. The molecule has 0 unspecified atom stereocenters. The summed E-state index contributed by atoms with van der Waals surface area (Å²) in [5, 5.41) is 7.92. The van der Waals surface area contributed by atoms with E-state index >= 15 is 0 Å². The van der Waals surface area contributed by atoms with E-state index in [0.29, 0.717) is 21.2 Å². The predicted octanol–water partition coefficient (Wildman–Crippen LogP) is 7.98. The zero-order valence-corrected chi connectivity index (χ0v) is 32.3. The van der Waals surface area contributed by atoms with Crippen LogP contribution in [0.1, 0.15) is 97.8 Å². The van der Waals surface area contributed by atoms with Gasteiger partial charge in [0.2, 0.25) is 5.96 Å². The van der Waals surface area contributed by atoms with Gasteiger partial charge in [-0.1, -0.05) is 12.1 Å². The number of hydrogen-bond donors (Lipinski definition) is 2. The van der Waals surface area contributed by atoms with Gasteiger partial charge in [-0.25, -0.2) is 19.4 Å². The van der Waals surface area contributed by atoms with Gasteiger partial charge in [0, 0.05) is 25.1 Å². The predicted molar refractivity (Wildman–Crippen MR) is 206 cm³/mol. The number of alkyl carbamates (subject to hydrolysis) is 2. The Balaban J connectivity index is 1.51. The summed E-state index contributed by atoms with van der Waals surface area (Å²) in [6.07, 6.45) is -1.52. The van der Waals surface area contributed by atoms with E-state index in [2.05, 4.69) is 15.6 Å². The third-order valence-corrected chi connectivity index (χ3v) is 8.35. The smallest absolute Gasteiger partial charge is 0.414 e. The molecule has 0 radical (unpaired) electrons. The van der Waals surface area contributed by atoms with Crippen molar-refractivity contribution in [1.29, 1.82) is 0 Å². The van der Waals surface area contributed by atoms with Crippen molar-refractivity contribution in [2.45, 2.75) is 79.6 Å². The van der Waals surface area contributed by atoms with Gasteiger partial charge in [-0.15, -0.1) is 11.3 Å². The summed E-state index contributed by atoms with van der Waals surface area (Å²) in [4.78, 5) is 82.0. The standard InChI is InChI=1S/C40H44N4O9S/c1-24(45)18-19-44(22-26-20-33(25(2)46)54-23-26)34(47)32-11-9-10-28-21-30(16-17-31(28)32)51-35(48)27-12-14-29(15-13-27)41-36(42-37(49)52-39(3,4)5)43-38(50)53-40(6,7)8/h9-17,20-21,23H,18-19,22H2,1-8H3,(H2,41,42,43,49,50). The van der Waals surface area contributed by atoms with Crippen LogP contribution in [0.3, 0.4) is 0 Å². The molecule has 0 aliphatic heterocycles. The molecule has 4 aromatic rings. The second-order valence-electron chi connectivity index (χ2n) is 14.4. The topological polar surface area (TPSA) is 170 Å². The van der Waals surface area contributed by atoms with Crippen LogP contribution in [0.4, 0.5) is 15.3 Å². The van der Waals surface area contributed by atoms with Gasteiger partial charge in [-0.05, 0) is 132 Å². The Bertz CT molecular complexity index is 2060. The summed E-state index contributed by atoms with van der Waals surface area (Å²) in [6, 6.07) is 17.9. The lowest BCUT2D eigenvalue weighted by molar-refractivity contribution is -0.117. The van der Waals surface area contributed by atoms with Crippen LogP contribution < -0.4 is 15.4 Å². The highest BCUT2D eigenvalue weighted by Crippen LogP contribution is 2.27. The molecule has 284 valence electrons. The van der Waals surface area contributed by atoms with Gasteiger partial charge in [0.1, 0.15) is 22.7 Å². The maximum absolute atomic E-state index is 13.9. The van der Waals surface area contributed by atoms with Gasteiger partial charge >= 0.3 is 18.2 Å². The Kier molecular flexibility index (Phi) is 13.1. The molecule has 1 heterocycles. The number of ketones is 2. The minimum atomic E-state index is -0.850. The number of ether oxygens (including phenoxy) is 3. The van der Waals surface area contributed by atoms with E-state index in [1.54, 1.807) is 88.9 Å². The quantitative estimate of drug-likeness (QED) is 0.0536. The maximum atomic E-state index is 13.9. The number of carbonyl (C=O) groups excluding carboxylic acids is 6. The van der Waals surface area contributed by atoms with Gasteiger partial charge in [0.25, 0.3) is 5.91 Å². The summed E-state index contributed by atoms with van der Waals surface area (Å²) in [5.41, 5.74) is 0.0779. The van der Waals surface area contributed by atoms with E-state index in [-0.39, 0.29) is 59.9 Å². The number of benzene rings is 3. The molecule has 54 heavy (non-hydrogen) atoms. The number of hydrogen-bond acceptors (Lipinski definition) is 11. The first-order chi connectivity index (χ1) is 25.3.